The molecule has 0 aliphatic heterocycles. The van der Waals surface area contributed by atoms with Gasteiger partial charge in [-0.3, -0.25) is 0 Å². The molecule has 0 rings (SSSR count). The number of nitrogens with one attached hydrogen (secondary N) is 1. The molecule has 0 radical (unpaired) electrons. The molecule has 0 spiro atoms. The van der Waals surface area contributed by atoms with Crippen molar-refractivity contribution in [3.8, 4) is 0 Å². The zero-order chi connectivity index (χ0) is 8.53. The summed E-state index contributed by atoms with van der Waals surface area (Å²) in [6.07, 6.45) is 2.09. The van der Waals surface area contributed by atoms with Gasteiger partial charge in [0.2, 0.25) is 0 Å². The van der Waals surface area contributed by atoms with Gasteiger partial charge in [-0.2, -0.15) is 23.5 Å². The molecule has 0 heterocycles. The number of hydrogen-bond donors (Lipinski definition) is 2. The van der Waals surface area contributed by atoms with Crippen LogP contribution in [0.1, 0.15) is 0 Å². The summed E-state index contributed by atoms with van der Waals surface area (Å²) in [5.41, 5.74) is 4.87. The standard InChI is InChI=1S/C6H14N2OS2/c1-10-4-5-11-3-2-8-6(7)9/h2-5H2,1H3,(H3,7,8,9). The van der Waals surface area contributed by atoms with E-state index in [1.54, 1.807) is 0 Å². The molecule has 3 nitrogen and oxygen atoms in total. The van der Waals surface area contributed by atoms with Crippen molar-refractivity contribution in [2.45, 2.75) is 0 Å². The van der Waals surface area contributed by atoms with Crippen LogP contribution in [0.15, 0.2) is 0 Å². The number of carbonyl (C=O) groups is 1. The molecule has 5 heteroatoms. The van der Waals surface area contributed by atoms with E-state index in [1.165, 1.54) is 5.75 Å². The number of thioether (sulfide) groups is 2. The van der Waals surface area contributed by atoms with Gasteiger partial charge in [-0.1, -0.05) is 0 Å². The smallest absolute Gasteiger partial charge is 0.312 e. The Hall–Kier alpha value is -0.0300. The Morgan fingerprint density at radius 1 is 1.45 bits per heavy atom. The molecule has 66 valence electrons. The Morgan fingerprint density at radius 3 is 2.73 bits per heavy atom. The third-order valence-corrected chi connectivity index (χ3v) is 2.83. The zero-order valence-corrected chi connectivity index (χ0v) is 8.26. The van der Waals surface area contributed by atoms with E-state index in [4.69, 9.17) is 5.73 Å². The predicted octanol–water partition coefficient (Wildman–Crippen LogP) is 0.751. The van der Waals surface area contributed by atoms with Gasteiger partial charge in [-0.15, -0.1) is 0 Å². The minimum atomic E-state index is -0.435. The second-order valence-electron chi connectivity index (χ2n) is 1.90. The van der Waals surface area contributed by atoms with Crippen molar-refractivity contribution in [3.05, 3.63) is 0 Å². The van der Waals surface area contributed by atoms with Crippen LogP contribution in [0, 0.1) is 0 Å². The van der Waals surface area contributed by atoms with Crippen molar-refractivity contribution in [1.82, 2.24) is 5.32 Å². The summed E-state index contributed by atoms with van der Waals surface area (Å²) >= 11 is 3.66. The molecule has 0 unspecified atom stereocenters. The highest BCUT2D eigenvalue weighted by Crippen LogP contribution is 2.02. The van der Waals surface area contributed by atoms with Crippen molar-refractivity contribution in [1.29, 1.82) is 0 Å². The first-order valence-electron chi connectivity index (χ1n) is 3.37. The second kappa shape index (κ2) is 8.07. The molecule has 0 saturated carbocycles. The predicted molar refractivity (Wildman–Crippen MR) is 53.3 cm³/mol. The number of hydrogen-bond acceptors (Lipinski definition) is 3. The number of urea groups is 1. The van der Waals surface area contributed by atoms with E-state index in [9.17, 15) is 4.79 Å². The lowest BCUT2D eigenvalue weighted by Crippen LogP contribution is -2.31. The molecule has 0 aliphatic carbocycles. The first-order valence-corrected chi connectivity index (χ1v) is 5.92. The Bertz CT molecular complexity index is 111. The van der Waals surface area contributed by atoms with Crippen molar-refractivity contribution < 1.29 is 4.79 Å². The van der Waals surface area contributed by atoms with E-state index in [2.05, 4.69) is 11.6 Å². The van der Waals surface area contributed by atoms with Crippen molar-refractivity contribution in [3.63, 3.8) is 0 Å². The molecular weight excluding hydrogens is 180 g/mol. The lowest BCUT2D eigenvalue weighted by atomic mass is 10.7. The van der Waals surface area contributed by atoms with Gasteiger partial charge in [0.15, 0.2) is 0 Å². The van der Waals surface area contributed by atoms with Gasteiger partial charge in [0.05, 0.1) is 0 Å². The first kappa shape index (κ1) is 11.0. The molecule has 2 amide bonds. The molecule has 0 saturated heterocycles. The summed E-state index contributed by atoms with van der Waals surface area (Å²) in [5.74, 6) is 3.26. The normalized spacial score (nSPS) is 9.55. The molecule has 11 heavy (non-hydrogen) atoms. The minimum absolute atomic E-state index is 0.435. The summed E-state index contributed by atoms with van der Waals surface area (Å²) in [6, 6.07) is -0.435. The van der Waals surface area contributed by atoms with Crippen LogP contribution in [0.3, 0.4) is 0 Å². The van der Waals surface area contributed by atoms with Crippen molar-refractivity contribution in [2.24, 2.45) is 5.73 Å². The van der Waals surface area contributed by atoms with Gasteiger partial charge >= 0.3 is 6.03 Å². The van der Waals surface area contributed by atoms with E-state index >= 15 is 0 Å². The third-order valence-electron chi connectivity index (χ3n) is 0.977. The Labute approximate surface area is 75.9 Å². The quantitative estimate of drug-likeness (QED) is 0.614. The van der Waals surface area contributed by atoms with Crippen molar-refractivity contribution >= 4 is 29.6 Å². The van der Waals surface area contributed by atoms with Gasteiger partial charge in [-0.25, -0.2) is 4.79 Å². The minimum Gasteiger partial charge on any atom is -0.352 e. The van der Waals surface area contributed by atoms with Crippen LogP contribution in [0.2, 0.25) is 0 Å². The Balaban J connectivity index is 2.85. The average molecular weight is 194 g/mol. The zero-order valence-electron chi connectivity index (χ0n) is 6.63. The number of amides is 2. The number of carbonyl (C=O) groups excluding carboxylic acids is 1. The molecule has 0 bridgehead atoms. The summed E-state index contributed by atoms with van der Waals surface area (Å²) in [6.45, 7) is 0.675. The second-order valence-corrected chi connectivity index (χ2v) is 4.11. The fourth-order valence-corrected chi connectivity index (χ4v) is 2.08. The van der Waals surface area contributed by atoms with Gasteiger partial charge in [0.25, 0.3) is 0 Å². The molecule has 0 aromatic heterocycles. The molecule has 0 atom stereocenters. The average Bonchev–Trinajstić information content (AvgIpc) is 1.96. The number of rotatable bonds is 6. The molecule has 0 aliphatic rings. The molecule has 0 fully saturated rings. The summed E-state index contributed by atoms with van der Waals surface area (Å²) in [5, 5.41) is 2.53. The van der Waals surface area contributed by atoms with Gasteiger partial charge in [0.1, 0.15) is 0 Å². The summed E-state index contributed by atoms with van der Waals surface area (Å²) in [7, 11) is 0. The maximum Gasteiger partial charge on any atom is 0.312 e. The summed E-state index contributed by atoms with van der Waals surface area (Å²) < 4.78 is 0. The first-order chi connectivity index (χ1) is 5.27. The maximum absolute atomic E-state index is 10.2. The van der Waals surface area contributed by atoms with Crippen LogP contribution in [-0.4, -0.2) is 36.1 Å². The Kier molecular flexibility index (Phi) is 8.05. The van der Waals surface area contributed by atoms with Gasteiger partial charge < -0.3 is 11.1 Å². The molecular formula is C6H14N2OS2. The maximum atomic E-state index is 10.2. The van der Waals surface area contributed by atoms with Crippen LogP contribution in [0.5, 0.6) is 0 Å². The molecule has 3 N–H and O–H groups in total. The largest absolute Gasteiger partial charge is 0.352 e. The number of primary amides is 1. The van der Waals surface area contributed by atoms with Crippen LogP contribution in [0.25, 0.3) is 0 Å². The monoisotopic (exact) mass is 194 g/mol. The van der Waals surface area contributed by atoms with E-state index in [0.29, 0.717) is 6.54 Å². The fraction of sp³-hybridized carbons (Fsp3) is 0.833. The van der Waals surface area contributed by atoms with Crippen LogP contribution < -0.4 is 11.1 Å². The third kappa shape index (κ3) is 9.97. The SMILES string of the molecule is CSCCSCCNC(N)=O. The van der Waals surface area contributed by atoms with Crippen LogP contribution >= 0.6 is 23.5 Å². The number of nitrogens with two attached hydrogens (primary N) is 1. The van der Waals surface area contributed by atoms with Crippen LogP contribution in [-0.2, 0) is 0 Å². The molecule has 0 aromatic rings. The highest BCUT2D eigenvalue weighted by atomic mass is 32.2. The highest BCUT2D eigenvalue weighted by Gasteiger charge is 1.90. The lowest BCUT2D eigenvalue weighted by molar-refractivity contribution is 0.249. The van der Waals surface area contributed by atoms with E-state index in [0.717, 1.165) is 11.5 Å². The Morgan fingerprint density at radius 2 is 2.18 bits per heavy atom. The lowest BCUT2D eigenvalue weighted by Gasteiger charge is -2.00. The van der Waals surface area contributed by atoms with Gasteiger partial charge in [0, 0.05) is 23.8 Å². The van der Waals surface area contributed by atoms with E-state index in [-0.39, 0.29) is 0 Å². The van der Waals surface area contributed by atoms with Crippen LogP contribution in [0.4, 0.5) is 4.79 Å². The topological polar surface area (TPSA) is 55.1 Å². The van der Waals surface area contributed by atoms with Gasteiger partial charge in [-0.05, 0) is 6.26 Å². The highest BCUT2D eigenvalue weighted by molar-refractivity contribution is 8.02. The molecule has 0 aromatic carbocycles. The van der Waals surface area contributed by atoms with E-state index in [1.807, 2.05) is 23.5 Å². The van der Waals surface area contributed by atoms with E-state index < -0.39 is 6.03 Å². The van der Waals surface area contributed by atoms with Crippen molar-refractivity contribution in [2.75, 3.05) is 30.1 Å². The fourth-order valence-electron chi connectivity index (χ4n) is 0.491. The summed E-state index contributed by atoms with van der Waals surface area (Å²) in [4.78, 5) is 10.2.